The Kier molecular flexibility index (Phi) is 6.73. The first-order chi connectivity index (χ1) is 11.5. The van der Waals surface area contributed by atoms with Crippen molar-refractivity contribution in [2.75, 3.05) is 44.6 Å². The summed E-state index contributed by atoms with van der Waals surface area (Å²) in [5.41, 5.74) is 1.69. The molecule has 1 aromatic carbocycles. The number of anilines is 1. The highest BCUT2D eigenvalue weighted by molar-refractivity contribution is 6.18. The highest BCUT2D eigenvalue weighted by Crippen LogP contribution is 2.15. The molecule has 132 valence electrons. The first kappa shape index (κ1) is 18.4. The van der Waals surface area contributed by atoms with E-state index < -0.39 is 0 Å². The van der Waals surface area contributed by atoms with Gasteiger partial charge in [-0.15, -0.1) is 11.6 Å². The van der Waals surface area contributed by atoms with Gasteiger partial charge < -0.3 is 19.9 Å². The van der Waals surface area contributed by atoms with Gasteiger partial charge in [0.15, 0.2) is 0 Å². The third kappa shape index (κ3) is 5.03. The van der Waals surface area contributed by atoms with Gasteiger partial charge in [-0.1, -0.05) is 0 Å². The average molecular weight is 354 g/mol. The molecule has 0 atom stereocenters. The van der Waals surface area contributed by atoms with Crippen molar-refractivity contribution in [2.24, 2.45) is 0 Å². The number of carbonyl (C=O) groups is 2. The van der Waals surface area contributed by atoms with E-state index in [1.807, 2.05) is 43.3 Å². The number of piperidine rings is 1. The highest BCUT2D eigenvalue weighted by Gasteiger charge is 2.24. The van der Waals surface area contributed by atoms with E-state index >= 15 is 0 Å². The van der Waals surface area contributed by atoms with Crippen LogP contribution in [0.4, 0.5) is 10.5 Å². The lowest BCUT2D eigenvalue weighted by molar-refractivity contribution is 0.0862. The summed E-state index contributed by atoms with van der Waals surface area (Å²) < 4.78 is 5.01. The number of ether oxygens (including phenoxy) is 1. The fourth-order valence-corrected chi connectivity index (χ4v) is 2.68. The molecule has 1 aromatic rings. The number of amides is 2. The van der Waals surface area contributed by atoms with Crippen molar-refractivity contribution in [3.05, 3.63) is 29.8 Å². The Balaban J connectivity index is 1.80. The quantitative estimate of drug-likeness (QED) is 0.825. The molecule has 2 amide bonds. The molecule has 0 aliphatic carbocycles. The summed E-state index contributed by atoms with van der Waals surface area (Å²) in [6.07, 6.45) is 1.11. The van der Waals surface area contributed by atoms with Crippen LogP contribution in [0.25, 0.3) is 0 Å². The van der Waals surface area contributed by atoms with E-state index in [0.717, 1.165) is 18.5 Å². The first-order valence-electron chi connectivity index (χ1n) is 8.07. The van der Waals surface area contributed by atoms with Crippen LogP contribution in [0.5, 0.6) is 0 Å². The Hall–Kier alpha value is -1.95. The highest BCUT2D eigenvalue weighted by atomic mass is 35.5. The van der Waals surface area contributed by atoms with E-state index in [9.17, 15) is 9.59 Å². The number of halogens is 1. The second-order valence-electron chi connectivity index (χ2n) is 5.98. The number of carbonyl (C=O) groups excluding carboxylic acids is 2. The Bertz CT molecular complexity index is 555. The van der Waals surface area contributed by atoms with Crippen molar-refractivity contribution in [1.82, 2.24) is 10.2 Å². The molecule has 1 N–H and O–H groups in total. The van der Waals surface area contributed by atoms with Gasteiger partial charge in [-0.25, -0.2) is 4.79 Å². The zero-order chi connectivity index (χ0) is 17.5. The SMILES string of the molecule is CN(C)c1ccc(C(=O)NC2CCN(C(=O)OCCCl)CC2)cc1. The van der Waals surface area contributed by atoms with E-state index in [0.29, 0.717) is 24.5 Å². The number of hydrogen-bond acceptors (Lipinski definition) is 4. The Morgan fingerprint density at radius 1 is 1.25 bits per heavy atom. The number of likely N-dealkylation sites (tertiary alicyclic amines) is 1. The molecular weight excluding hydrogens is 330 g/mol. The number of nitrogens with zero attached hydrogens (tertiary/aromatic N) is 2. The minimum atomic E-state index is -0.334. The largest absolute Gasteiger partial charge is 0.448 e. The molecule has 1 heterocycles. The predicted octanol–water partition coefficient (Wildman–Crippen LogP) is 2.32. The summed E-state index contributed by atoms with van der Waals surface area (Å²) in [6, 6.07) is 7.56. The summed E-state index contributed by atoms with van der Waals surface area (Å²) in [7, 11) is 3.92. The van der Waals surface area contributed by atoms with Gasteiger partial charge in [0.1, 0.15) is 6.61 Å². The number of alkyl halides is 1. The van der Waals surface area contributed by atoms with Gasteiger partial charge in [0.25, 0.3) is 5.91 Å². The first-order valence-corrected chi connectivity index (χ1v) is 8.60. The predicted molar refractivity (Wildman–Crippen MR) is 94.9 cm³/mol. The zero-order valence-electron chi connectivity index (χ0n) is 14.1. The lowest BCUT2D eigenvalue weighted by atomic mass is 10.0. The van der Waals surface area contributed by atoms with E-state index in [1.165, 1.54) is 0 Å². The van der Waals surface area contributed by atoms with Gasteiger partial charge in [0, 0.05) is 44.5 Å². The lowest BCUT2D eigenvalue weighted by Gasteiger charge is -2.31. The summed E-state index contributed by atoms with van der Waals surface area (Å²) in [4.78, 5) is 27.7. The minimum absolute atomic E-state index is 0.0723. The molecule has 0 bridgehead atoms. The maximum atomic E-state index is 12.3. The number of rotatable bonds is 5. The summed E-state index contributed by atoms with van der Waals surface area (Å²) in [5, 5.41) is 3.03. The van der Waals surface area contributed by atoms with Crippen LogP contribution in [-0.2, 0) is 4.74 Å². The maximum Gasteiger partial charge on any atom is 0.409 e. The molecule has 24 heavy (non-hydrogen) atoms. The molecule has 1 aliphatic heterocycles. The van der Waals surface area contributed by atoms with Crippen LogP contribution in [-0.4, -0.2) is 62.6 Å². The molecule has 0 spiro atoms. The molecular formula is C17H24ClN3O3. The molecule has 0 radical (unpaired) electrons. The van der Waals surface area contributed by atoms with Crippen molar-refractivity contribution in [3.63, 3.8) is 0 Å². The molecule has 1 saturated heterocycles. The topological polar surface area (TPSA) is 61.9 Å². The molecule has 2 rings (SSSR count). The molecule has 6 nitrogen and oxygen atoms in total. The van der Waals surface area contributed by atoms with Crippen LogP contribution < -0.4 is 10.2 Å². The van der Waals surface area contributed by atoms with Crippen LogP contribution in [0, 0.1) is 0 Å². The van der Waals surface area contributed by atoms with Crippen LogP contribution in [0.15, 0.2) is 24.3 Å². The summed E-state index contributed by atoms with van der Waals surface area (Å²) >= 11 is 5.50. The Morgan fingerprint density at radius 2 is 1.88 bits per heavy atom. The van der Waals surface area contributed by atoms with Gasteiger partial charge >= 0.3 is 6.09 Å². The van der Waals surface area contributed by atoms with Gasteiger partial charge in [0.2, 0.25) is 0 Å². The molecule has 7 heteroatoms. The monoisotopic (exact) mass is 353 g/mol. The second-order valence-corrected chi connectivity index (χ2v) is 6.36. The van der Waals surface area contributed by atoms with Gasteiger partial charge in [-0.2, -0.15) is 0 Å². The van der Waals surface area contributed by atoms with E-state index in [1.54, 1.807) is 4.90 Å². The van der Waals surface area contributed by atoms with Gasteiger partial charge in [-0.05, 0) is 37.1 Å². The fraction of sp³-hybridized carbons (Fsp3) is 0.529. The van der Waals surface area contributed by atoms with Crippen LogP contribution >= 0.6 is 11.6 Å². The number of nitrogens with one attached hydrogen (secondary N) is 1. The van der Waals surface area contributed by atoms with Crippen molar-refractivity contribution in [3.8, 4) is 0 Å². The lowest BCUT2D eigenvalue weighted by Crippen LogP contribution is -2.46. The van der Waals surface area contributed by atoms with Crippen molar-refractivity contribution < 1.29 is 14.3 Å². The molecule has 0 aromatic heterocycles. The smallest absolute Gasteiger partial charge is 0.409 e. The molecule has 0 unspecified atom stereocenters. The third-order valence-electron chi connectivity index (χ3n) is 4.04. The van der Waals surface area contributed by atoms with E-state index in [2.05, 4.69) is 5.32 Å². The summed E-state index contributed by atoms with van der Waals surface area (Å²) in [5.74, 6) is 0.216. The maximum absolute atomic E-state index is 12.3. The van der Waals surface area contributed by atoms with Crippen LogP contribution in [0.2, 0.25) is 0 Å². The Morgan fingerprint density at radius 3 is 2.42 bits per heavy atom. The number of hydrogen-bond donors (Lipinski definition) is 1. The van der Waals surface area contributed by atoms with Crippen molar-refractivity contribution >= 4 is 29.3 Å². The average Bonchev–Trinajstić information content (AvgIpc) is 2.60. The van der Waals surface area contributed by atoms with Crippen molar-refractivity contribution in [1.29, 1.82) is 0 Å². The van der Waals surface area contributed by atoms with Crippen molar-refractivity contribution in [2.45, 2.75) is 18.9 Å². The molecule has 1 aliphatic rings. The number of benzene rings is 1. The molecule has 1 fully saturated rings. The van der Waals surface area contributed by atoms with Gasteiger partial charge in [-0.3, -0.25) is 4.79 Å². The van der Waals surface area contributed by atoms with Crippen LogP contribution in [0.1, 0.15) is 23.2 Å². The second kappa shape index (κ2) is 8.78. The summed E-state index contributed by atoms with van der Waals surface area (Å²) in [6.45, 7) is 1.37. The van der Waals surface area contributed by atoms with Crippen LogP contribution in [0.3, 0.4) is 0 Å². The molecule has 0 saturated carbocycles. The Labute approximate surface area is 147 Å². The van der Waals surface area contributed by atoms with Gasteiger partial charge in [0.05, 0.1) is 5.88 Å². The third-order valence-corrected chi connectivity index (χ3v) is 4.19. The van der Waals surface area contributed by atoms with E-state index in [4.69, 9.17) is 16.3 Å². The normalized spacial score (nSPS) is 15.0. The minimum Gasteiger partial charge on any atom is -0.448 e. The van der Waals surface area contributed by atoms with E-state index in [-0.39, 0.29) is 24.6 Å². The standard InChI is InChI=1S/C17H24ClN3O3/c1-20(2)15-5-3-13(4-6-15)16(22)19-14-7-10-21(11-8-14)17(23)24-12-9-18/h3-6,14H,7-12H2,1-2H3,(H,19,22). The fourth-order valence-electron chi connectivity index (χ4n) is 2.60. The zero-order valence-corrected chi connectivity index (χ0v) is 14.9.